The summed E-state index contributed by atoms with van der Waals surface area (Å²) in [5.41, 5.74) is 0.123. The van der Waals surface area contributed by atoms with E-state index in [9.17, 15) is 5.11 Å². The van der Waals surface area contributed by atoms with Gasteiger partial charge in [-0.3, -0.25) is 0 Å². The Kier molecular flexibility index (Phi) is 2.55. The molecule has 1 rings (SSSR count). The number of rotatable bonds is 1. The average molecular weight is 157 g/mol. The quantitative estimate of drug-likeness (QED) is 0.601. The zero-order chi connectivity index (χ0) is 8.48. The van der Waals surface area contributed by atoms with Crippen LogP contribution in [0.25, 0.3) is 0 Å². The van der Waals surface area contributed by atoms with Crippen LogP contribution in [0.4, 0.5) is 0 Å². The lowest BCUT2D eigenvalue weighted by Crippen LogP contribution is -2.53. The van der Waals surface area contributed by atoms with Crippen molar-refractivity contribution in [3.63, 3.8) is 0 Å². The maximum Gasteiger partial charge on any atom is 0.0572 e. The van der Waals surface area contributed by atoms with Crippen molar-refractivity contribution >= 4 is 0 Å². The molecule has 0 aliphatic carbocycles. The SMILES string of the molecule is CC[C@@H]1CC(O)CC(C)(C)N1. The van der Waals surface area contributed by atoms with Gasteiger partial charge in [0.25, 0.3) is 0 Å². The Hall–Kier alpha value is -0.0800. The largest absolute Gasteiger partial charge is 0.393 e. The fourth-order valence-electron chi connectivity index (χ4n) is 1.94. The summed E-state index contributed by atoms with van der Waals surface area (Å²) >= 11 is 0. The van der Waals surface area contributed by atoms with Crippen molar-refractivity contribution in [2.75, 3.05) is 0 Å². The lowest BCUT2D eigenvalue weighted by molar-refractivity contribution is 0.0659. The van der Waals surface area contributed by atoms with Crippen molar-refractivity contribution in [2.45, 2.75) is 57.7 Å². The molecule has 0 amide bonds. The van der Waals surface area contributed by atoms with Crippen LogP contribution in [0.1, 0.15) is 40.0 Å². The Labute approximate surface area is 69.0 Å². The van der Waals surface area contributed by atoms with Gasteiger partial charge in [-0.15, -0.1) is 0 Å². The third-order valence-corrected chi connectivity index (χ3v) is 2.39. The first-order valence-corrected chi connectivity index (χ1v) is 4.49. The third kappa shape index (κ3) is 2.46. The first-order chi connectivity index (χ1) is 5.03. The monoisotopic (exact) mass is 157 g/mol. The minimum absolute atomic E-state index is 0.101. The van der Waals surface area contributed by atoms with Crippen LogP contribution in [0.15, 0.2) is 0 Å². The molecular weight excluding hydrogens is 138 g/mol. The summed E-state index contributed by atoms with van der Waals surface area (Å²) < 4.78 is 0. The molecule has 2 nitrogen and oxygen atoms in total. The molecule has 1 aliphatic heterocycles. The van der Waals surface area contributed by atoms with Gasteiger partial charge in [0.05, 0.1) is 6.10 Å². The van der Waals surface area contributed by atoms with E-state index in [2.05, 4.69) is 26.1 Å². The Balaban J connectivity index is 2.51. The molecule has 0 aromatic rings. The molecule has 1 heterocycles. The highest BCUT2D eigenvalue weighted by Crippen LogP contribution is 2.22. The molecule has 1 unspecified atom stereocenters. The van der Waals surface area contributed by atoms with Gasteiger partial charge in [0.15, 0.2) is 0 Å². The molecule has 2 atom stereocenters. The van der Waals surface area contributed by atoms with E-state index in [1.165, 1.54) is 0 Å². The predicted molar refractivity (Wildman–Crippen MR) is 46.5 cm³/mol. The van der Waals surface area contributed by atoms with Gasteiger partial charge in [0.2, 0.25) is 0 Å². The Morgan fingerprint density at radius 3 is 2.64 bits per heavy atom. The molecule has 66 valence electrons. The highest BCUT2D eigenvalue weighted by Gasteiger charge is 2.30. The molecule has 2 N–H and O–H groups in total. The second kappa shape index (κ2) is 3.11. The van der Waals surface area contributed by atoms with Crippen LogP contribution in [-0.2, 0) is 0 Å². The molecule has 0 aromatic heterocycles. The number of nitrogens with one attached hydrogen (secondary N) is 1. The molecule has 0 saturated carbocycles. The van der Waals surface area contributed by atoms with Crippen molar-refractivity contribution in [1.82, 2.24) is 5.32 Å². The number of hydrogen-bond acceptors (Lipinski definition) is 2. The summed E-state index contributed by atoms with van der Waals surface area (Å²) in [5, 5.41) is 13.0. The Bertz CT molecular complexity index is 134. The lowest BCUT2D eigenvalue weighted by atomic mass is 9.86. The van der Waals surface area contributed by atoms with Gasteiger partial charge in [-0.1, -0.05) is 6.92 Å². The number of aliphatic hydroxyl groups excluding tert-OH is 1. The highest BCUT2D eigenvalue weighted by atomic mass is 16.3. The zero-order valence-corrected chi connectivity index (χ0v) is 7.72. The van der Waals surface area contributed by atoms with E-state index in [0.717, 1.165) is 19.3 Å². The fourth-order valence-corrected chi connectivity index (χ4v) is 1.94. The molecule has 0 spiro atoms. The van der Waals surface area contributed by atoms with Crippen molar-refractivity contribution in [2.24, 2.45) is 0 Å². The first-order valence-electron chi connectivity index (χ1n) is 4.49. The standard InChI is InChI=1S/C9H19NO/c1-4-7-5-8(11)6-9(2,3)10-7/h7-8,10-11H,4-6H2,1-3H3/t7-,8?/m1/s1. The van der Waals surface area contributed by atoms with Gasteiger partial charge < -0.3 is 10.4 Å². The maximum atomic E-state index is 9.51. The Morgan fingerprint density at radius 2 is 2.18 bits per heavy atom. The topological polar surface area (TPSA) is 32.3 Å². The maximum absolute atomic E-state index is 9.51. The molecule has 1 aliphatic rings. The van der Waals surface area contributed by atoms with E-state index >= 15 is 0 Å². The number of aliphatic hydroxyl groups is 1. The summed E-state index contributed by atoms with van der Waals surface area (Å²) in [6.07, 6.45) is 2.81. The molecule has 1 saturated heterocycles. The van der Waals surface area contributed by atoms with Crippen LogP contribution >= 0.6 is 0 Å². The number of piperidine rings is 1. The number of hydrogen-bond donors (Lipinski definition) is 2. The smallest absolute Gasteiger partial charge is 0.0572 e. The van der Waals surface area contributed by atoms with E-state index in [1.807, 2.05) is 0 Å². The zero-order valence-electron chi connectivity index (χ0n) is 7.72. The summed E-state index contributed by atoms with van der Waals surface area (Å²) in [5.74, 6) is 0. The fraction of sp³-hybridized carbons (Fsp3) is 1.00. The van der Waals surface area contributed by atoms with Crippen molar-refractivity contribution in [3.8, 4) is 0 Å². The van der Waals surface area contributed by atoms with Crippen LogP contribution in [0.2, 0.25) is 0 Å². The van der Waals surface area contributed by atoms with E-state index in [0.29, 0.717) is 6.04 Å². The van der Waals surface area contributed by atoms with Crippen LogP contribution in [0.3, 0.4) is 0 Å². The van der Waals surface area contributed by atoms with Crippen LogP contribution in [0, 0.1) is 0 Å². The molecular formula is C9H19NO. The van der Waals surface area contributed by atoms with Crippen LogP contribution < -0.4 is 5.32 Å². The second-order valence-electron chi connectivity index (χ2n) is 4.23. The van der Waals surface area contributed by atoms with Gasteiger partial charge in [-0.05, 0) is 33.1 Å². The molecule has 0 aromatic carbocycles. The summed E-state index contributed by atoms with van der Waals surface area (Å²) in [7, 11) is 0. The van der Waals surface area contributed by atoms with Crippen LogP contribution in [-0.4, -0.2) is 22.8 Å². The summed E-state index contributed by atoms with van der Waals surface area (Å²) in [4.78, 5) is 0. The van der Waals surface area contributed by atoms with Gasteiger partial charge in [0, 0.05) is 11.6 Å². The molecule has 1 fully saturated rings. The predicted octanol–water partition coefficient (Wildman–Crippen LogP) is 1.29. The van der Waals surface area contributed by atoms with E-state index < -0.39 is 0 Å². The van der Waals surface area contributed by atoms with Crippen molar-refractivity contribution in [1.29, 1.82) is 0 Å². The van der Waals surface area contributed by atoms with Gasteiger partial charge in [-0.2, -0.15) is 0 Å². The van der Waals surface area contributed by atoms with Gasteiger partial charge >= 0.3 is 0 Å². The van der Waals surface area contributed by atoms with Gasteiger partial charge in [-0.25, -0.2) is 0 Å². The minimum atomic E-state index is -0.101. The molecule has 0 radical (unpaired) electrons. The normalized spacial score (nSPS) is 37.1. The lowest BCUT2D eigenvalue weighted by Gasteiger charge is -2.39. The first kappa shape index (κ1) is 9.01. The summed E-state index contributed by atoms with van der Waals surface area (Å²) in [6.45, 7) is 6.46. The van der Waals surface area contributed by atoms with E-state index in [4.69, 9.17) is 0 Å². The van der Waals surface area contributed by atoms with E-state index in [-0.39, 0.29) is 11.6 Å². The average Bonchev–Trinajstić information content (AvgIpc) is 1.83. The molecule has 0 bridgehead atoms. The van der Waals surface area contributed by atoms with Crippen molar-refractivity contribution in [3.05, 3.63) is 0 Å². The third-order valence-electron chi connectivity index (χ3n) is 2.39. The van der Waals surface area contributed by atoms with Gasteiger partial charge in [0.1, 0.15) is 0 Å². The molecule has 2 heteroatoms. The Morgan fingerprint density at radius 1 is 1.55 bits per heavy atom. The summed E-state index contributed by atoms with van der Waals surface area (Å²) in [6, 6.07) is 0.508. The van der Waals surface area contributed by atoms with E-state index in [1.54, 1.807) is 0 Å². The second-order valence-corrected chi connectivity index (χ2v) is 4.23. The minimum Gasteiger partial charge on any atom is -0.393 e. The molecule has 11 heavy (non-hydrogen) atoms. The highest BCUT2D eigenvalue weighted by molar-refractivity contribution is 4.90. The van der Waals surface area contributed by atoms with Crippen LogP contribution in [0.5, 0.6) is 0 Å². The van der Waals surface area contributed by atoms with Crippen molar-refractivity contribution < 1.29 is 5.11 Å².